The van der Waals surface area contributed by atoms with E-state index in [0.29, 0.717) is 52.7 Å². The summed E-state index contributed by atoms with van der Waals surface area (Å²) in [5, 5.41) is 7.61. The van der Waals surface area contributed by atoms with Crippen molar-refractivity contribution in [3.05, 3.63) is 89.6 Å². The van der Waals surface area contributed by atoms with E-state index in [9.17, 15) is 18.0 Å². The number of anilines is 2. The third-order valence-corrected chi connectivity index (χ3v) is 7.92. The van der Waals surface area contributed by atoms with E-state index in [4.69, 9.17) is 25.0 Å². The van der Waals surface area contributed by atoms with Crippen LogP contribution >= 0.6 is 0 Å². The van der Waals surface area contributed by atoms with Crippen LogP contribution in [0.2, 0.25) is 0 Å². The van der Waals surface area contributed by atoms with E-state index in [-0.39, 0.29) is 24.6 Å². The molecule has 1 aliphatic heterocycles. The number of carbonyl (C=O) groups excluding carboxylic acids is 1. The van der Waals surface area contributed by atoms with E-state index in [1.54, 1.807) is 35.7 Å². The predicted molar refractivity (Wildman–Crippen MR) is 172 cm³/mol. The van der Waals surface area contributed by atoms with Gasteiger partial charge in [-0.15, -0.1) is 0 Å². The van der Waals surface area contributed by atoms with Crippen LogP contribution in [0.15, 0.2) is 72.9 Å². The molecule has 0 atom stereocenters. The number of nitrogens with zero attached hydrogens (tertiary/aromatic N) is 4. The van der Waals surface area contributed by atoms with Crippen molar-refractivity contribution in [2.24, 2.45) is 0 Å². The van der Waals surface area contributed by atoms with E-state index in [1.807, 2.05) is 36.4 Å². The number of alkyl halides is 3. The summed E-state index contributed by atoms with van der Waals surface area (Å²) in [6, 6.07) is 19.3. The molecule has 244 valence electrons. The molecule has 3 N–H and O–H groups in total. The Balaban J connectivity index is 1.13. The molecule has 0 bridgehead atoms. The standard InChI is InChI=1S/C34H33F3N6O4/c1-21-17-26-8-9-28(41-43(26)31(21)24-18-27(34(35,36)37)32(38)40-20-24)23-5-10-29(30(19-23)45-2)47-14-11-39-33(44)22-3-6-25(7-4-22)42-12-15-46-16-13-42/h3-10,17-20H,11-16H2,1-2H3,(H2,38,40)(H,39,44). The van der Waals surface area contributed by atoms with Gasteiger partial charge in [-0.3, -0.25) is 4.79 Å². The second-order valence-corrected chi connectivity index (χ2v) is 11.0. The highest BCUT2D eigenvalue weighted by Crippen LogP contribution is 2.37. The molecule has 0 unspecified atom stereocenters. The van der Waals surface area contributed by atoms with E-state index in [0.717, 1.165) is 30.4 Å². The molecule has 13 heteroatoms. The van der Waals surface area contributed by atoms with Gasteiger partial charge in [0, 0.05) is 41.7 Å². The number of morpholine rings is 1. The minimum absolute atomic E-state index is 0.199. The molecule has 47 heavy (non-hydrogen) atoms. The number of pyridine rings is 1. The van der Waals surface area contributed by atoms with Crippen LogP contribution in [0.5, 0.6) is 11.5 Å². The fourth-order valence-corrected chi connectivity index (χ4v) is 5.53. The lowest BCUT2D eigenvalue weighted by molar-refractivity contribution is -0.137. The van der Waals surface area contributed by atoms with Gasteiger partial charge >= 0.3 is 6.18 Å². The normalized spacial score (nSPS) is 13.5. The molecule has 0 saturated carbocycles. The van der Waals surface area contributed by atoms with Crippen LogP contribution in [-0.2, 0) is 10.9 Å². The van der Waals surface area contributed by atoms with Crippen molar-refractivity contribution < 1.29 is 32.2 Å². The van der Waals surface area contributed by atoms with E-state index < -0.39 is 17.6 Å². The fourth-order valence-electron chi connectivity index (χ4n) is 5.53. The Morgan fingerprint density at radius 1 is 1.00 bits per heavy atom. The van der Waals surface area contributed by atoms with E-state index in [1.165, 1.54) is 13.3 Å². The average Bonchev–Trinajstić information content (AvgIpc) is 3.41. The van der Waals surface area contributed by atoms with Crippen LogP contribution < -0.4 is 25.4 Å². The molecule has 4 heterocycles. The van der Waals surface area contributed by atoms with Crippen molar-refractivity contribution in [2.45, 2.75) is 13.1 Å². The van der Waals surface area contributed by atoms with Crippen molar-refractivity contribution in [1.29, 1.82) is 0 Å². The lowest BCUT2D eigenvalue weighted by atomic mass is 10.1. The van der Waals surface area contributed by atoms with Crippen LogP contribution in [0.3, 0.4) is 0 Å². The minimum Gasteiger partial charge on any atom is -0.493 e. The molecule has 6 rings (SSSR count). The number of halogens is 3. The number of fused-ring (bicyclic) bond motifs is 1. The topological polar surface area (TPSA) is 116 Å². The molecular weight excluding hydrogens is 613 g/mol. The maximum atomic E-state index is 13.6. The minimum atomic E-state index is -4.64. The second kappa shape index (κ2) is 13.2. The highest BCUT2D eigenvalue weighted by molar-refractivity contribution is 5.94. The molecule has 1 fully saturated rings. The summed E-state index contributed by atoms with van der Waals surface area (Å²) < 4.78 is 59.1. The summed E-state index contributed by atoms with van der Waals surface area (Å²) in [5.74, 6) is 0.150. The molecule has 10 nitrogen and oxygen atoms in total. The lowest BCUT2D eigenvalue weighted by Gasteiger charge is -2.28. The predicted octanol–water partition coefficient (Wildman–Crippen LogP) is 5.63. The van der Waals surface area contributed by atoms with Gasteiger partial charge in [0.25, 0.3) is 5.91 Å². The maximum absolute atomic E-state index is 13.6. The number of hydrogen-bond acceptors (Lipinski definition) is 8. The van der Waals surface area contributed by atoms with Crippen LogP contribution in [-0.4, -0.2) is 67.1 Å². The molecule has 5 aromatic rings. The van der Waals surface area contributed by atoms with Gasteiger partial charge in [0.2, 0.25) is 0 Å². The summed E-state index contributed by atoms with van der Waals surface area (Å²) in [5.41, 5.74) is 9.55. The Kier molecular flexibility index (Phi) is 8.90. The number of nitrogens with one attached hydrogen (secondary N) is 1. The van der Waals surface area contributed by atoms with Crippen LogP contribution in [0.4, 0.5) is 24.7 Å². The maximum Gasteiger partial charge on any atom is 0.419 e. The van der Waals surface area contributed by atoms with Crippen molar-refractivity contribution in [3.63, 3.8) is 0 Å². The molecule has 1 saturated heterocycles. The molecular formula is C34H33F3N6O4. The Morgan fingerprint density at radius 3 is 2.49 bits per heavy atom. The Morgan fingerprint density at radius 2 is 1.77 bits per heavy atom. The third-order valence-electron chi connectivity index (χ3n) is 7.92. The number of rotatable bonds is 9. The molecule has 0 spiro atoms. The van der Waals surface area contributed by atoms with E-state index in [2.05, 4.69) is 15.2 Å². The van der Waals surface area contributed by atoms with Gasteiger partial charge in [-0.2, -0.15) is 18.3 Å². The summed E-state index contributed by atoms with van der Waals surface area (Å²) in [6.07, 6.45) is -3.33. The largest absolute Gasteiger partial charge is 0.493 e. The Hall–Kier alpha value is -5.30. The fraction of sp³-hybridized carbons (Fsp3) is 0.265. The highest BCUT2D eigenvalue weighted by atomic mass is 19.4. The molecule has 2 aromatic carbocycles. The quantitative estimate of drug-likeness (QED) is 0.198. The molecule has 1 amide bonds. The van der Waals surface area contributed by atoms with Gasteiger partial charge in [0.1, 0.15) is 12.4 Å². The van der Waals surface area contributed by atoms with Crippen molar-refractivity contribution in [2.75, 3.05) is 57.2 Å². The number of nitrogen functional groups attached to an aromatic ring is 1. The number of methoxy groups -OCH3 is 1. The zero-order chi connectivity index (χ0) is 33.1. The van der Waals surface area contributed by atoms with Gasteiger partial charge in [-0.05, 0) is 79.2 Å². The number of hydrogen-bond donors (Lipinski definition) is 2. The number of ether oxygens (including phenoxy) is 3. The average molecular weight is 647 g/mol. The van der Waals surface area contributed by atoms with Gasteiger partial charge in [-0.25, -0.2) is 9.50 Å². The van der Waals surface area contributed by atoms with Gasteiger partial charge in [0.15, 0.2) is 11.5 Å². The SMILES string of the molecule is COc1cc(-c2ccc3cc(C)c(-c4cnc(N)c(C(F)(F)F)c4)n3n2)ccc1OCCNC(=O)c1ccc(N2CCOCC2)cc1. The number of aryl methyl sites for hydroxylation is 1. The smallest absolute Gasteiger partial charge is 0.419 e. The summed E-state index contributed by atoms with van der Waals surface area (Å²) >= 11 is 0. The lowest BCUT2D eigenvalue weighted by Crippen LogP contribution is -2.36. The number of nitrogens with two attached hydrogens (primary N) is 1. The third kappa shape index (κ3) is 6.80. The summed E-state index contributed by atoms with van der Waals surface area (Å²) in [4.78, 5) is 18.7. The first kappa shape index (κ1) is 31.7. The number of carbonyl (C=O) groups is 1. The molecule has 1 aliphatic rings. The summed E-state index contributed by atoms with van der Waals surface area (Å²) in [6.45, 7) is 5.31. The van der Waals surface area contributed by atoms with Gasteiger partial charge in [0.05, 0.1) is 49.3 Å². The van der Waals surface area contributed by atoms with E-state index >= 15 is 0 Å². The zero-order valence-electron chi connectivity index (χ0n) is 25.8. The molecule has 0 radical (unpaired) electrons. The summed E-state index contributed by atoms with van der Waals surface area (Å²) in [7, 11) is 1.52. The number of aromatic nitrogens is 3. The van der Waals surface area contributed by atoms with Crippen LogP contribution in [0.1, 0.15) is 21.5 Å². The first-order valence-electron chi connectivity index (χ1n) is 15.0. The Labute approximate surface area is 268 Å². The molecule has 3 aromatic heterocycles. The first-order valence-corrected chi connectivity index (χ1v) is 15.0. The van der Waals surface area contributed by atoms with Crippen molar-refractivity contribution >= 4 is 22.9 Å². The van der Waals surface area contributed by atoms with Gasteiger partial charge < -0.3 is 30.2 Å². The van der Waals surface area contributed by atoms with Crippen molar-refractivity contribution in [3.8, 4) is 34.0 Å². The van der Waals surface area contributed by atoms with Crippen LogP contribution in [0, 0.1) is 6.92 Å². The first-order chi connectivity index (χ1) is 22.6. The second-order valence-electron chi connectivity index (χ2n) is 11.0. The number of benzene rings is 2. The van der Waals surface area contributed by atoms with Gasteiger partial charge in [-0.1, -0.05) is 0 Å². The van der Waals surface area contributed by atoms with Crippen molar-refractivity contribution in [1.82, 2.24) is 19.9 Å². The highest BCUT2D eigenvalue weighted by Gasteiger charge is 2.34. The number of amides is 1. The monoisotopic (exact) mass is 646 g/mol. The molecule has 0 aliphatic carbocycles. The Bertz CT molecular complexity index is 1900. The van der Waals surface area contributed by atoms with Crippen LogP contribution in [0.25, 0.3) is 28.0 Å². The zero-order valence-corrected chi connectivity index (χ0v) is 25.8.